The Kier molecular flexibility index (Phi) is 2.73. The van der Waals surface area contributed by atoms with Gasteiger partial charge in [-0.1, -0.05) is 12.2 Å². The van der Waals surface area contributed by atoms with E-state index in [0.29, 0.717) is 0 Å². The third kappa shape index (κ3) is 1.75. The topological polar surface area (TPSA) is 25.2 Å². The minimum atomic E-state index is -0.231. The summed E-state index contributed by atoms with van der Waals surface area (Å²) in [7, 11) is 0. The molecule has 1 aromatic heterocycles. The lowest BCUT2D eigenvalue weighted by Gasteiger charge is -2.16. The quantitative estimate of drug-likeness (QED) is 0.714. The van der Waals surface area contributed by atoms with E-state index in [1.165, 1.54) is 5.56 Å². The molecule has 1 aliphatic carbocycles. The average molecular weight is 191 g/mol. The van der Waals surface area contributed by atoms with Crippen LogP contribution in [0.15, 0.2) is 24.5 Å². The average Bonchev–Trinajstić information content (AvgIpc) is 2.59. The first-order chi connectivity index (χ1) is 6.81. The van der Waals surface area contributed by atoms with Crippen molar-refractivity contribution in [3.8, 4) is 0 Å². The van der Waals surface area contributed by atoms with Crippen molar-refractivity contribution in [1.82, 2.24) is 4.57 Å². The van der Waals surface area contributed by atoms with E-state index in [9.17, 15) is 5.11 Å². The second kappa shape index (κ2) is 4.01. The zero-order chi connectivity index (χ0) is 9.97. The highest BCUT2D eigenvalue weighted by molar-refractivity contribution is 5.29. The van der Waals surface area contributed by atoms with Gasteiger partial charge < -0.3 is 9.67 Å². The number of fused-ring (bicyclic) bond motifs is 1. The van der Waals surface area contributed by atoms with Crippen molar-refractivity contribution in [2.24, 2.45) is 0 Å². The molecule has 1 atom stereocenters. The van der Waals surface area contributed by atoms with Crippen LogP contribution in [0.5, 0.6) is 0 Å². The van der Waals surface area contributed by atoms with Crippen LogP contribution in [0.1, 0.15) is 37.0 Å². The van der Waals surface area contributed by atoms with Crippen molar-refractivity contribution in [3.05, 3.63) is 35.7 Å². The van der Waals surface area contributed by atoms with Gasteiger partial charge in [-0.2, -0.15) is 0 Å². The molecule has 0 fully saturated rings. The zero-order valence-electron chi connectivity index (χ0n) is 8.61. The fourth-order valence-electron chi connectivity index (χ4n) is 2.06. The summed E-state index contributed by atoms with van der Waals surface area (Å²) >= 11 is 0. The summed E-state index contributed by atoms with van der Waals surface area (Å²) in [5, 5.41) is 9.77. The fourth-order valence-corrected chi connectivity index (χ4v) is 2.06. The Labute approximate surface area is 84.9 Å². The largest absolute Gasteiger partial charge is 0.388 e. The van der Waals surface area contributed by atoms with Crippen LogP contribution < -0.4 is 0 Å². The number of hydrogen-bond acceptors (Lipinski definition) is 1. The number of rotatable bonds is 2. The first-order valence-corrected chi connectivity index (χ1v) is 5.29. The van der Waals surface area contributed by atoms with Crippen molar-refractivity contribution in [2.45, 2.75) is 38.8 Å². The van der Waals surface area contributed by atoms with E-state index in [0.717, 1.165) is 31.4 Å². The van der Waals surface area contributed by atoms with E-state index in [4.69, 9.17) is 0 Å². The molecule has 0 radical (unpaired) electrons. The van der Waals surface area contributed by atoms with E-state index in [-0.39, 0.29) is 6.10 Å². The molecule has 14 heavy (non-hydrogen) atoms. The van der Waals surface area contributed by atoms with E-state index in [1.807, 2.05) is 6.92 Å². The van der Waals surface area contributed by atoms with Gasteiger partial charge in [0.25, 0.3) is 0 Å². The Morgan fingerprint density at radius 3 is 3.14 bits per heavy atom. The molecule has 0 spiro atoms. The van der Waals surface area contributed by atoms with Gasteiger partial charge in [-0.25, -0.2) is 0 Å². The van der Waals surface area contributed by atoms with Gasteiger partial charge in [0.1, 0.15) is 0 Å². The van der Waals surface area contributed by atoms with Gasteiger partial charge in [-0.3, -0.25) is 0 Å². The smallest absolute Gasteiger partial charge is 0.0807 e. The third-order valence-corrected chi connectivity index (χ3v) is 2.83. The minimum Gasteiger partial charge on any atom is -0.388 e. The summed E-state index contributed by atoms with van der Waals surface area (Å²) in [5.74, 6) is 0. The Hall–Kier alpha value is -1.02. The predicted octanol–water partition coefficient (Wildman–Crippen LogP) is 2.43. The summed E-state index contributed by atoms with van der Waals surface area (Å²) < 4.78 is 2.15. The Morgan fingerprint density at radius 2 is 2.43 bits per heavy atom. The number of aliphatic hydroxyl groups excluding tert-OH is 1. The van der Waals surface area contributed by atoms with Crippen molar-refractivity contribution in [3.63, 3.8) is 0 Å². The van der Waals surface area contributed by atoms with Crippen LogP contribution in [-0.2, 0) is 13.0 Å². The standard InChI is InChI=1S/C12H17NO/c1-2-3-7-13-8-10-5-4-6-12(14)11(10)9-13/h2-3,8-9,12,14H,4-7H2,1H3/b3-2+. The maximum atomic E-state index is 9.77. The molecule has 2 heteroatoms. The molecule has 1 unspecified atom stereocenters. The Morgan fingerprint density at radius 1 is 1.57 bits per heavy atom. The highest BCUT2D eigenvalue weighted by Crippen LogP contribution is 2.30. The third-order valence-electron chi connectivity index (χ3n) is 2.83. The molecule has 0 aromatic carbocycles. The fraction of sp³-hybridized carbons (Fsp3) is 0.500. The lowest BCUT2D eigenvalue weighted by molar-refractivity contribution is 0.157. The minimum absolute atomic E-state index is 0.231. The van der Waals surface area contributed by atoms with Crippen LogP contribution in [0.25, 0.3) is 0 Å². The number of aryl methyl sites for hydroxylation is 1. The monoisotopic (exact) mass is 191 g/mol. The van der Waals surface area contributed by atoms with E-state index >= 15 is 0 Å². The predicted molar refractivity (Wildman–Crippen MR) is 57.1 cm³/mol. The molecule has 2 rings (SSSR count). The van der Waals surface area contributed by atoms with Gasteiger partial charge in [0, 0.05) is 24.5 Å². The van der Waals surface area contributed by atoms with Crippen LogP contribution in [0.4, 0.5) is 0 Å². The molecule has 76 valence electrons. The molecular formula is C12H17NO. The van der Waals surface area contributed by atoms with Gasteiger partial charge in [-0.05, 0) is 31.7 Å². The van der Waals surface area contributed by atoms with Gasteiger partial charge >= 0.3 is 0 Å². The van der Waals surface area contributed by atoms with Gasteiger partial charge in [0.05, 0.1) is 6.10 Å². The first kappa shape index (κ1) is 9.53. The molecule has 0 saturated heterocycles. The van der Waals surface area contributed by atoms with Crippen LogP contribution in [0, 0.1) is 0 Å². The number of aliphatic hydroxyl groups is 1. The number of aromatic nitrogens is 1. The summed E-state index contributed by atoms with van der Waals surface area (Å²) in [6, 6.07) is 0. The van der Waals surface area contributed by atoms with Crippen LogP contribution in [0.2, 0.25) is 0 Å². The number of hydrogen-bond donors (Lipinski definition) is 1. The lowest BCUT2D eigenvalue weighted by Crippen LogP contribution is -2.05. The Balaban J connectivity index is 2.21. The molecule has 2 nitrogen and oxygen atoms in total. The van der Waals surface area contributed by atoms with E-state index in [1.54, 1.807) is 0 Å². The second-order valence-electron chi connectivity index (χ2n) is 3.91. The summed E-state index contributed by atoms with van der Waals surface area (Å²) in [6.07, 6.45) is 11.3. The molecule has 0 aliphatic heterocycles. The van der Waals surface area contributed by atoms with Crippen molar-refractivity contribution in [2.75, 3.05) is 0 Å². The van der Waals surface area contributed by atoms with Gasteiger partial charge in [0.15, 0.2) is 0 Å². The highest BCUT2D eigenvalue weighted by Gasteiger charge is 2.19. The molecule has 0 amide bonds. The van der Waals surface area contributed by atoms with E-state index in [2.05, 4.69) is 29.1 Å². The van der Waals surface area contributed by atoms with Crippen molar-refractivity contribution < 1.29 is 5.11 Å². The summed E-state index contributed by atoms with van der Waals surface area (Å²) in [6.45, 7) is 2.94. The molecule has 0 bridgehead atoms. The van der Waals surface area contributed by atoms with Crippen molar-refractivity contribution >= 4 is 0 Å². The molecule has 1 aromatic rings. The summed E-state index contributed by atoms with van der Waals surface area (Å²) in [4.78, 5) is 0. The van der Waals surface area contributed by atoms with Crippen LogP contribution in [0.3, 0.4) is 0 Å². The number of allylic oxidation sites excluding steroid dienone is 2. The first-order valence-electron chi connectivity index (χ1n) is 5.29. The maximum absolute atomic E-state index is 9.77. The molecule has 1 heterocycles. The summed E-state index contributed by atoms with van der Waals surface area (Å²) in [5.41, 5.74) is 2.47. The van der Waals surface area contributed by atoms with Gasteiger partial charge in [0.2, 0.25) is 0 Å². The zero-order valence-corrected chi connectivity index (χ0v) is 8.61. The second-order valence-corrected chi connectivity index (χ2v) is 3.91. The van der Waals surface area contributed by atoms with Gasteiger partial charge in [-0.15, -0.1) is 0 Å². The maximum Gasteiger partial charge on any atom is 0.0807 e. The Bertz CT molecular complexity index is 338. The molecule has 0 saturated carbocycles. The number of nitrogens with zero attached hydrogens (tertiary/aromatic N) is 1. The molecule has 1 N–H and O–H groups in total. The van der Waals surface area contributed by atoms with Crippen molar-refractivity contribution in [1.29, 1.82) is 0 Å². The highest BCUT2D eigenvalue weighted by atomic mass is 16.3. The van der Waals surface area contributed by atoms with Crippen LogP contribution in [-0.4, -0.2) is 9.67 Å². The normalized spacial score (nSPS) is 21.4. The van der Waals surface area contributed by atoms with E-state index < -0.39 is 0 Å². The molecular weight excluding hydrogens is 174 g/mol. The molecule has 1 aliphatic rings. The van der Waals surface area contributed by atoms with Crippen LogP contribution >= 0.6 is 0 Å². The lowest BCUT2D eigenvalue weighted by atomic mass is 9.93. The SMILES string of the molecule is C/C=C/Cn1cc2c(c1)C(O)CCC2.